The second-order valence-electron chi connectivity index (χ2n) is 8.61. The normalized spacial score (nSPS) is 19.9. The fraction of sp³-hybridized carbons (Fsp3) is 0.435. The summed E-state index contributed by atoms with van der Waals surface area (Å²) in [5.74, 6) is 2.88. The molecule has 1 aliphatic carbocycles. The standard InChI is InChI=1S/C23H27N7O/c1-13(2)31-23-26-19(11-22(27-23)30-15(4)24-14(3)28-30)16-10-17(16)20-12-29(5)21-9-7-6-8-18(21)25-20/h6-9,11,13,16-17H,10,12H2,1-5H3/t16-,17-/m0/s1. The third-order valence-electron chi connectivity index (χ3n) is 5.70. The zero-order chi connectivity index (χ0) is 21.7. The summed E-state index contributed by atoms with van der Waals surface area (Å²) in [7, 11) is 2.12. The molecule has 1 saturated carbocycles. The van der Waals surface area contributed by atoms with Crippen LogP contribution >= 0.6 is 0 Å². The molecule has 0 spiro atoms. The van der Waals surface area contributed by atoms with Crippen molar-refractivity contribution in [2.75, 3.05) is 18.5 Å². The molecule has 1 aromatic carbocycles. The predicted octanol–water partition coefficient (Wildman–Crippen LogP) is 3.79. The van der Waals surface area contributed by atoms with Gasteiger partial charge in [0.2, 0.25) is 0 Å². The highest BCUT2D eigenvalue weighted by Crippen LogP contribution is 2.50. The number of hydrogen-bond acceptors (Lipinski definition) is 7. The Labute approximate surface area is 182 Å². The van der Waals surface area contributed by atoms with Crippen LogP contribution in [0.5, 0.6) is 6.01 Å². The number of aromatic nitrogens is 5. The average Bonchev–Trinajstić information content (AvgIpc) is 3.45. The number of nitrogens with zero attached hydrogens (tertiary/aromatic N) is 7. The van der Waals surface area contributed by atoms with Crippen molar-refractivity contribution in [3.8, 4) is 11.8 Å². The van der Waals surface area contributed by atoms with Crippen molar-refractivity contribution in [3.63, 3.8) is 0 Å². The molecule has 2 atom stereocenters. The monoisotopic (exact) mass is 417 g/mol. The second-order valence-corrected chi connectivity index (χ2v) is 8.61. The summed E-state index contributed by atoms with van der Waals surface area (Å²) < 4.78 is 7.62. The van der Waals surface area contributed by atoms with Crippen molar-refractivity contribution < 1.29 is 4.74 Å². The highest BCUT2D eigenvalue weighted by molar-refractivity contribution is 5.99. The Balaban J connectivity index is 1.48. The van der Waals surface area contributed by atoms with Crippen LogP contribution in [0.3, 0.4) is 0 Å². The molecule has 2 aromatic heterocycles. The topological polar surface area (TPSA) is 81.3 Å². The van der Waals surface area contributed by atoms with Crippen LogP contribution < -0.4 is 9.64 Å². The van der Waals surface area contributed by atoms with E-state index in [2.05, 4.69) is 45.2 Å². The maximum absolute atomic E-state index is 5.86. The summed E-state index contributed by atoms with van der Waals surface area (Å²) in [6.07, 6.45) is 1.02. The molecular formula is C23H27N7O. The molecule has 160 valence electrons. The molecule has 0 N–H and O–H groups in total. The van der Waals surface area contributed by atoms with E-state index in [0.717, 1.165) is 30.2 Å². The van der Waals surface area contributed by atoms with E-state index in [9.17, 15) is 0 Å². The largest absolute Gasteiger partial charge is 0.461 e. The van der Waals surface area contributed by atoms with E-state index in [-0.39, 0.29) is 6.10 Å². The Hall–Kier alpha value is -3.29. The van der Waals surface area contributed by atoms with Gasteiger partial charge in [0.05, 0.1) is 29.7 Å². The Bertz CT molecular complexity index is 1170. The van der Waals surface area contributed by atoms with Crippen molar-refractivity contribution in [2.45, 2.75) is 46.1 Å². The molecule has 8 heteroatoms. The first kappa shape index (κ1) is 19.7. The molecule has 5 rings (SSSR count). The summed E-state index contributed by atoms with van der Waals surface area (Å²) in [6, 6.07) is 10.7. The highest BCUT2D eigenvalue weighted by atomic mass is 16.5. The van der Waals surface area contributed by atoms with Crippen LogP contribution in [0, 0.1) is 19.8 Å². The zero-order valence-corrected chi connectivity index (χ0v) is 18.6. The van der Waals surface area contributed by atoms with E-state index >= 15 is 0 Å². The lowest BCUT2D eigenvalue weighted by Crippen LogP contribution is -2.29. The number of para-hydroxylation sites is 2. The number of aryl methyl sites for hydroxylation is 2. The maximum Gasteiger partial charge on any atom is 0.318 e. The van der Waals surface area contributed by atoms with Gasteiger partial charge in [-0.2, -0.15) is 14.6 Å². The Morgan fingerprint density at radius 2 is 1.87 bits per heavy atom. The fourth-order valence-corrected chi connectivity index (χ4v) is 4.22. The van der Waals surface area contributed by atoms with Crippen LogP contribution in [0.1, 0.15) is 43.5 Å². The number of hydrogen-bond donors (Lipinski definition) is 0. The molecule has 1 fully saturated rings. The number of rotatable bonds is 5. The van der Waals surface area contributed by atoms with Crippen LogP contribution in [0.15, 0.2) is 35.3 Å². The van der Waals surface area contributed by atoms with Crippen LogP contribution in [0.4, 0.5) is 11.4 Å². The Morgan fingerprint density at radius 1 is 1.06 bits per heavy atom. The number of aliphatic imine (C=N–C) groups is 1. The van der Waals surface area contributed by atoms with Gasteiger partial charge in [0.25, 0.3) is 0 Å². The van der Waals surface area contributed by atoms with E-state index in [1.54, 1.807) is 4.68 Å². The minimum absolute atomic E-state index is 0.00968. The summed E-state index contributed by atoms with van der Waals surface area (Å²) in [6.45, 7) is 8.60. The van der Waals surface area contributed by atoms with E-state index < -0.39 is 0 Å². The van der Waals surface area contributed by atoms with E-state index in [1.807, 2.05) is 39.8 Å². The van der Waals surface area contributed by atoms with Crippen molar-refractivity contribution in [3.05, 3.63) is 47.7 Å². The van der Waals surface area contributed by atoms with Gasteiger partial charge in [0, 0.05) is 30.7 Å². The van der Waals surface area contributed by atoms with Crippen molar-refractivity contribution >= 4 is 17.1 Å². The number of fused-ring (bicyclic) bond motifs is 1. The second kappa shape index (κ2) is 7.44. The van der Waals surface area contributed by atoms with Gasteiger partial charge >= 0.3 is 6.01 Å². The first-order valence-corrected chi connectivity index (χ1v) is 10.7. The highest BCUT2D eigenvalue weighted by Gasteiger charge is 2.44. The molecular weight excluding hydrogens is 390 g/mol. The average molecular weight is 418 g/mol. The third-order valence-corrected chi connectivity index (χ3v) is 5.70. The SMILES string of the molecule is Cc1nc(C)n(-c2cc([C@H]3C[C@@H]3C3=Nc4ccccc4N(C)C3)nc(OC(C)C)n2)n1. The molecule has 0 radical (unpaired) electrons. The first-order chi connectivity index (χ1) is 14.9. The molecule has 0 amide bonds. The summed E-state index contributed by atoms with van der Waals surface area (Å²) in [5, 5.41) is 4.49. The van der Waals surface area contributed by atoms with E-state index in [4.69, 9.17) is 14.7 Å². The molecule has 31 heavy (non-hydrogen) atoms. The van der Waals surface area contributed by atoms with Gasteiger partial charge in [0.15, 0.2) is 5.82 Å². The lowest BCUT2D eigenvalue weighted by Gasteiger charge is -2.26. The smallest absolute Gasteiger partial charge is 0.318 e. The van der Waals surface area contributed by atoms with Crippen molar-refractivity contribution in [1.29, 1.82) is 0 Å². The molecule has 3 aromatic rings. The molecule has 2 aliphatic rings. The van der Waals surface area contributed by atoms with Gasteiger partial charge < -0.3 is 9.64 Å². The predicted molar refractivity (Wildman–Crippen MR) is 120 cm³/mol. The number of ether oxygens (including phenoxy) is 1. The lowest BCUT2D eigenvalue weighted by atomic mass is 10.1. The maximum atomic E-state index is 5.86. The Kier molecular flexibility index (Phi) is 4.72. The minimum Gasteiger partial charge on any atom is -0.461 e. The number of benzene rings is 1. The van der Waals surface area contributed by atoms with E-state index in [1.165, 1.54) is 11.4 Å². The molecule has 0 unspecified atom stereocenters. The molecule has 8 nitrogen and oxygen atoms in total. The van der Waals surface area contributed by atoms with Gasteiger partial charge in [-0.25, -0.2) is 4.98 Å². The minimum atomic E-state index is -0.00968. The van der Waals surface area contributed by atoms with Crippen molar-refractivity contribution in [1.82, 2.24) is 24.7 Å². The summed E-state index contributed by atoms with van der Waals surface area (Å²) in [5.41, 5.74) is 4.41. The quantitative estimate of drug-likeness (QED) is 0.628. The van der Waals surface area contributed by atoms with Gasteiger partial charge in [-0.05, 0) is 46.2 Å². The molecule has 0 saturated heterocycles. The number of anilines is 1. The summed E-state index contributed by atoms with van der Waals surface area (Å²) in [4.78, 5) is 21.0. The summed E-state index contributed by atoms with van der Waals surface area (Å²) >= 11 is 0. The van der Waals surface area contributed by atoms with Gasteiger partial charge in [-0.15, -0.1) is 5.10 Å². The fourth-order valence-electron chi connectivity index (χ4n) is 4.22. The zero-order valence-electron chi connectivity index (χ0n) is 18.6. The third kappa shape index (κ3) is 3.78. The van der Waals surface area contributed by atoms with Gasteiger partial charge in [-0.3, -0.25) is 4.99 Å². The van der Waals surface area contributed by atoms with Crippen LogP contribution in [-0.2, 0) is 0 Å². The van der Waals surface area contributed by atoms with Gasteiger partial charge in [-0.1, -0.05) is 12.1 Å². The van der Waals surface area contributed by atoms with Crippen LogP contribution in [0.25, 0.3) is 5.82 Å². The molecule has 0 bridgehead atoms. The first-order valence-electron chi connectivity index (χ1n) is 10.7. The Morgan fingerprint density at radius 3 is 2.61 bits per heavy atom. The lowest BCUT2D eigenvalue weighted by molar-refractivity contribution is 0.221. The molecule has 1 aliphatic heterocycles. The van der Waals surface area contributed by atoms with Crippen LogP contribution in [-0.4, -0.2) is 50.1 Å². The van der Waals surface area contributed by atoms with Crippen molar-refractivity contribution in [2.24, 2.45) is 10.9 Å². The van der Waals surface area contributed by atoms with E-state index in [0.29, 0.717) is 29.5 Å². The van der Waals surface area contributed by atoms with Gasteiger partial charge in [0.1, 0.15) is 11.6 Å². The molecule has 3 heterocycles. The van der Waals surface area contributed by atoms with Crippen LogP contribution in [0.2, 0.25) is 0 Å².